The SMILES string of the molecule is COc1cccc(-c2nnsc2C(=O)Nc2cc(Cl)ccc2C)c1. The number of carbonyl (C=O) groups excluding carboxylic acids is 1. The van der Waals surface area contributed by atoms with Crippen molar-refractivity contribution in [3.63, 3.8) is 0 Å². The van der Waals surface area contributed by atoms with Gasteiger partial charge in [-0.1, -0.05) is 34.3 Å². The van der Waals surface area contributed by atoms with Gasteiger partial charge in [-0.3, -0.25) is 4.79 Å². The molecule has 0 aliphatic rings. The van der Waals surface area contributed by atoms with Crippen LogP contribution >= 0.6 is 23.1 Å². The Labute approximate surface area is 148 Å². The number of nitrogens with one attached hydrogen (secondary N) is 1. The Morgan fingerprint density at radius 1 is 1.25 bits per heavy atom. The maximum absolute atomic E-state index is 12.6. The smallest absolute Gasteiger partial charge is 0.269 e. The van der Waals surface area contributed by atoms with Crippen LogP contribution in [0.2, 0.25) is 5.02 Å². The van der Waals surface area contributed by atoms with Gasteiger partial charge >= 0.3 is 0 Å². The van der Waals surface area contributed by atoms with Gasteiger partial charge < -0.3 is 10.1 Å². The van der Waals surface area contributed by atoms with Crippen LogP contribution in [0.4, 0.5) is 5.69 Å². The molecule has 7 heteroatoms. The van der Waals surface area contributed by atoms with E-state index in [-0.39, 0.29) is 5.91 Å². The lowest BCUT2D eigenvalue weighted by Crippen LogP contribution is -2.12. The van der Waals surface area contributed by atoms with Crippen molar-refractivity contribution in [1.29, 1.82) is 0 Å². The quantitative estimate of drug-likeness (QED) is 0.748. The molecule has 3 aromatic rings. The van der Waals surface area contributed by atoms with E-state index in [1.54, 1.807) is 19.2 Å². The Morgan fingerprint density at radius 3 is 2.88 bits per heavy atom. The van der Waals surface area contributed by atoms with E-state index in [4.69, 9.17) is 16.3 Å². The van der Waals surface area contributed by atoms with Gasteiger partial charge in [-0.15, -0.1) is 5.10 Å². The Bertz CT molecular complexity index is 895. The first kappa shape index (κ1) is 16.4. The number of amides is 1. The topological polar surface area (TPSA) is 64.1 Å². The van der Waals surface area contributed by atoms with E-state index >= 15 is 0 Å². The summed E-state index contributed by atoms with van der Waals surface area (Å²) in [6.07, 6.45) is 0. The predicted octanol–water partition coefficient (Wildman–Crippen LogP) is 4.43. The van der Waals surface area contributed by atoms with Crippen LogP contribution < -0.4 is 10.1 Å². The highest BCUT2D eigenvalue weighted by Crippen LogP contribution is 2.28. The third kappa shape index (κ3) is 3.39. The lowest BCUT2D eigenvalue weighted by molar-refractivity contribution is 0.103. The molecule has 1 heterocycles. The highest BCUT2D eigenvalue weighted by molar-refractivity contribution is 7.08. The van der Waals surface area contributed by atoms with Crippen molar-refractivity contribution in [3.05, 3.63) is 57.9 Å². The number of hydrogen-bond acceptors (Lipinski definition) is 5. The number of anilines is 1. The zero-order chi connectivity index (χ0) is 17.1. The first-order valence-electron chi connectivity index (χ1n) is 7.13. The van der Waals surface area contributed by atoms with Gasteiger partial charge in [0.2, 0.25) is 0 Å². The van der Waals surface area contributed by atoms with Gasteiger partial charge in [-0.25, -0.2) is 0 Å². The molecular formula is C17H14ClN3O2S. The highest BCUT2D eigenvalue weighted by atomic mass is 35.5. The maximum atomic E-state index is 12.6. The van der Waals surface area contributed by atoms with Gasteiger partial charge in [0.15, 0.2) is 0 Å². The monoisotopic (exact) mass is 359 g/mol. The molecule has 0 bridgehead atoms. The third-order valence-corrected chi connectivity index (χ3v) is 4.44. The van der Waals surface area contributed by atoms with E-state index < -0.39 is 0 Å². The van der Waals surface area contributed by atoms with Crippen LogP contribution in [-0.2, 0) is 0 Å². The van der Waals surface area contributed by atoms with Crippen molar-refractivity contribution in [2.45, 2.75) is 6.92 Å². The van der Waals surface area contributed by atoms with Gasteiger partial charge in [0.1, 0.15) is 16.3 Å². The van der Waals surface area contributed by atoms with Gasteiger partial charge in [0.25, 0.3) is 5.91 Å². The molecule has 2 aromatic carbocycles. The van der Waals surface area contributed by atoms with E-state index in [9.17, 15) is 4.79 Å². The predicted molar refractivity (Wildman–Crippen MR) is 96.0 cm³/mol. The summed E-state index contributed by atoms with van der Waals surface area (Å²) in [6.45, 7) is 1.90. The van der Waals surface area contributed by atoms with Crippen LogP contribution in [-0.4, -0.2) is 22.6 Å². The largest absolute Gasteiger partial charge is 0.497 e. The van der Waals surface area contributed by atoms with Gasteiger partial charge in [0.05, 0.1) is 7.11 Å². The van der Waals surface area contributed by atoms with Crippen LogP contribution in [0.25, 0.3) is 11.3 Å². The first-order chi connectivity index (χ1) is 11.6. The average molecular weight is 360 g/mol. The second-order valence-corrected chi connectivity index (χ2v) is 6.29. The summed E-state index contributed by atoms with van der Waals surface area (Å²) >= 11 is 7.05. The summed E-state index contributed by atoms with van der Waals surface area (Å²) in [4.78, 5) is 13.1. The molecule has 0 unspecified atom stereocenters. The normalized spacial score (nSPS) is 10.5. The van der Waals surface area contributed by atoms with Crippen molar-refractivity contribution in [3.8, 4) is 17.0 Å². The van der Waals surface area contributed by atoms with Crippen LogP contribution in [0.5, 0.6) is 5.75 Å². The number of benzene rings is 2. The standard InChI is InChI=1S/C17H14ClN3O2S/c1-10-6-7-12(18)9-14(10)19-17(22)16-15(20-21-24-16)11-4-3-5-13(8-11)23-2/h3-9H,1-2H3,(H,19,22). The summed E-state index contributed by atoms with van der Waals surface area (Å²) in [6, 6.07) is 12.7. The second kappa shape index (κ2) is 6.98. The Kier molecular flexibility index (Phi) is 4.78. The molecule has 0 saturated carbocycles. The van der Waals surface area contributed by atoms with E-state index in [2.05, 4.69) is 14.9 Å². The number of rotatable bonds is 4. The molecule has 0 radical (unpaired) electrons. The lowest BCUT2D eigenvalue weighted by atomic mass is 10.1. The number of aromatic nitrogens is 2. The molecule has 24 heavy (non-hydrogen) atoms. The number of hydrogen-bond donors (Lipinski definition) is 1. The van der Waals surface area contributed by atoms with E-state index in [1.807, 2.05) is 37.3 Å². The minimum absolute atomic E-state index is 0.270. The van der Waals surface area contributed by atoms with Crippen LogP contribution in [0.1, 0.15) is 15.2 Å². The van der Waals surface area contributed by atoms with E-state index in [1.165, 1.54) is 0 Å². The number of carbonyl (C=O) groups is 1. The Morgan fingerprint density at radius 2 is 2.08 bits per heavy atom. The number of halogens is 1. The van der Waals surface area contributed by atoms with Crippen molar-refractivity contribution in [2.75, 3.05) is 12.4 Å². The lowest BCUT2D eigenvalue weighted by Gasteiger charge is -2.08. The molecule has 122 valence electrons. The minimum atomic E-state index is -0.270. The fraction of sp³-hybridized carbons (Fsp3) is 0.118. The third-order valence-electron chi connectivity index (χ3n) is 3.49. The minimum Gasteiger partial charge on any atom is -0.497 e. The van der Waals surface area contributed by atoms with Crippen molar-refractivity contribution in [2.24, 2.45) is 0 Å². The Balaban J connectivity index is 1.92. The summed E-state index contributed by atoms with van der Waals surface area (Å²) < 4.78 is 9.14. The van der Waals surface area contributed by atoms with E-state index in [0.717, 1.165) is 22.7 Å². The summed E-state index contributed by atoms with van der Waals surface area (Å²) in [7, 11) is 1.59. The molecular weight excluding hydrogens is 346 g/mol. The maximum Gasteiger partial charge on any atom is 0.269 e. The second-order valence-electron chi connectivity index (χ2n) is 5.10. The van der Waals surface area contributed by atoms with Crippen LogP contribution in [0, 0.1) is 6.92 Å². The average Bonchev–Trinajstić information content (AvgIpc) is 3.08. The number of nitrogens with zero attached hydrogens (tertiary/aromatic N) is 2. The fourth-order valence-corrected chi connectivity index (χ4v) is 2.96. The van der Waals surface area contributed by atoms with Crippen molar-refractivity contribution < 1.29 is 9.53 Å². The van der Waals surface area contributed by atoms with Gasteiger partial charge in [0, 0.05) is 16.3 Å². The molecule has 0 spiro atoms. The molecule has 3 rings (SSSR count). The van der Waals surface area contributed by atoms with Crippen molar-refractivity contribution >= 4 is 34.7 Å². The molecule has 1 aromatic heterocycles. The molecule has 0 fully saturated rings. The van der Waals surface area contributed by atoms with E-state index in [0.29, 0.717) is 27.0 Å². The summed E-state index contributed by atoms with van der Waals surface area (Å²) in [5, 5.41) is 7.52. The molecule has 1 amide bonds. The number of aryl methyl sites for hydroxylation is 1. The number of ether oxygens (including phenoxy) is 1. The Hall–Kier alpha value is -2.44. The molecule has 0 aliphatic heterocycles. The fourth-order valence-electron chi connectivity index (χ4n) is 2.21. The molecule has 0 atom stereocenters. The molecule has 0 aliphatic carbocycles. The summed E-state index contributed by atoms with van der Waals surface area (Å²) in [5.74, 6) is 0.422. The van der Waals surface area contributed by atoms with Crippen molar-refractivity contribution in [1.82, 2.24) is 9.59 Å². The van der Waals surface area contributed by atoms with Gasteiger partial charge in [-0.2, -0.15) is 0 Å². The zero-order valence-corrected chi connectivity index (χ0v) is 14.6. The summed E-state index contributed by atoms with van der Waals surface area (Å²) in [5.41, 5.74) is 2.89. The highest BCUT2D eigenvalue weighted by Gasteiger charge is 2.19. The number of methoxy groups -OCH3 is 1. The molecule has 5 nitrogen and oxygen atoms in total. The van der Waals surface area contributed by atoms with Crippen LogP contribution in [0.3, 0.4) is 0 Å². The van der Waals surface area contributed by atoms with Gasteiger partial charge in [-0.05, 0) is 48.3 Å². The molecule has 1 N–H and O–H groups in total. The molecule has 0 saturated heterocycles. The van der Waals surface area contributed by atoms with Crippen LogP contribution in [0.15, 0.2) is 42.5 Å². The zero-order valence-electron chi connectivity index (χ0n) is 13.0. The first-order valence-corrected chi connectivity index (χ1v) is 8.28.